The van der Waals surface area contributed by atoms with Crippen LogP contribution in [0.1, 0.15) is 38.1 Å². The maximum absolute atomic E-state index is 12.2. The summed E-state index contributed by atoms with van der Waals surface area (Å²) in [5, 5.41) is 12.5. The molecule has 1 rings (SSSR count). The molecule has 0 heterocycles. The van der Waals surface area contributed by atoms with Gasteiger partial charge in [-0.05, 0) is 61.8 Å². The molecular formula is C14H17BrClNO3. The normalized spacial score (nSPS) is 12.1. The van der Waals surface area contributed by atoms with Crippen LogP contribution in [-0.2, 0) is 4.79 Å². The van der Waals surface area contributed by atoms with Gasteiger partial charge in [0.1, 0.15) is 0 Å². The van der Waals surface area contributed by atoms with Crippen molar-refractivity contribution in [2.24, 2.45) is 5.41 Å². The highest BCUT2D eigenvalue weighted by Crippen LogP contribution is 2.31. The van der Waals surface area contributed by atoms with Crippen molar-refractivity contribution >= 4 is 39.4 Å². The Balaban J connectivity index is 3.00. The summed E-state index contributed by atoms with van der Waals surface area (Å²) in [4.78, 5) is 23.5. The van der Waals surface area contributed by atoms with Gasteiger partial charge in [0.05, 0.1) is 16.0 Å². The largest absolute Gasteiger partial charge is 0.481 e. The maximum atomic E-state index is 12.2. The van der Waals surface area contributed by atoms with Crippen molar-refractivity contribution in [2.45, 2.75) is 33.2 Å². The van der Waals surface area contributed by atoms with Gasteiger partial charge in [-0.1, -0.05) is 11.6 Å². The van der Waals surface area contributed by atoms with Crippen LogP contribution in [0.5, 0.6) is 0 Å². The monoisotopic (exact) mass is 361 g/mol. The second kappa shape index (κ2) is 5.74. The highest BCUT2D eigenvalue weighted by atomic mass is 79.9. The predicted octanol–water partition coefficient (Wildman–Crippen LogP) is 3.72. The van der Waals surface area contributed by atoms with E-state index < -0.39 is 16.9 Å². The zero-order chi connectivity index (χ0) is 15.7. The van der Waals surface area contributed by atoms with E-state index in [1.54, 1.807) is 45.9 Å². The van der Waals surface area contributed by atoms with E-state index in [-0.39, 0.29) is 5.91 Å². The molecule has 0 aliphatic heterocycles. The number of nitrogens with one attached hydrogen (secondary N) is 1. The van der Waals surface area contributed by atoms with Gasteiger partial charge in [0.2, 0.25) is 0 Å². The summed E-state index contributed by atoms with van der Waals surface area (Å²) in [6.07, 6.45) is 0. The van der Waals surface area contributed by atoms with E-state index in [0.717, 1.165) is 0 Å². The fourth-order valence-corrected chi connectivity index (χ4v) is 1.91. The third kappa shape index (κ3) is 3.33. The lowest BCUT2D eigenvalue weighted by atomic mass is 9.74. The van der Waals surface area contributed by atoms with Gasteiger partial charge in [0, 0.05) is 10.0 Å². The van der Waals surface area contributed by atoms with E-state index in [4.69, 9.17) is 11.6 Å². The molecule has 0 saturated heterocycles. The first-order chi connectivity index (χ1) is 8.99. The molecule has 0 atom stereocenters. The van der Waals surface area contributed by atoms with Crippen LogP contribution in [0, 0.1) is 5.41 Å². The van der Waals surface area contributed by atoms with Crippen LogP contribution in [0.2, 0.25) is 5.02 Å². The molecule has 0 aromatic heterocycles. The lowest BCUT2D eigenvalue weighted by molar-refractivity contribution is -0.150. The Labute approximate surface area is 131 Å². The maximum Gasteiger partial charge on any atom is 0.311 e. The predicted molar refractivity (Wildman–Crippen MR) is 82.1 cm³/mol. The summed E-state index contributed by atoms with van der Waals surface area (Å²) < 4.78 is 0.613. The summed E-state index contributed by atoms with van der Waals surface area (Å²) in [5.41, 5.74) is -1.61. The van der Waals surface area contributed by atoms with Crippen LogP contribution in [0.4, 0.5) is 0 Å². The molecule has 0 aliphatic carbocycles. The Bertz CT molecular complexity index is 555. The van der Waals surface area contributed by atoms with Crippen molar-refractivity contribution in [1.29, 1.82) is 0 Å². The fourth-order valence-electron chi connectivity index (χ4n) is 1.42. The molecular weight excluding hydrogens is 346 g/mol. The third-order valence-corrected chi connectivity index (χ3v) is 4.92. The van der Waals surface area contributed by atoms with Crippen molar-refractivity contribution in [3.05, 3.63) is 33.3 Å². The van der Waals surface area contributed by atoms with Gasteiger partial charge in [-0.15, -0.1) is 0 Å². The quantitative estimate of drug-likeness (QED) is 0.858. The smallest absolute Gasteiger partial charge is 0.311 e. The number of hydrogen-bond donors (Lipinski definition) is 2. The number of carboxylic acid groups (broad SMARTS) is 1. The second-order valence-corrected chi connectivity index (χ2v) is 6.90. The highest BCUT2D eigenvalue weighted by molar-refractivity contribution is 9.10. The molecule has 0 spiro atoms. The molecule has 0 aliphatic rings. The molecule has 6 heteroatoms. The number of carbonyl (C=O) groups is 2. The Kier molecular flexibility index (Phi) is 4.87. The first-order valence-corrected chi connectivity index (χ1v) is 7.17. The van der Waals surface area contributed by atoms with Crippen molar-refractivity contribution < 1.29 is 14.7 Å². The van der Waals surface area contributed by atoms with Gasteiger partial charge in [0.25, 0.3) is 5.91 Å². The van der Waals surface area contributed by atoms with Crippen LogP contribution in [-0.4, -0.2) is 22.5 Å². The van der Waals surface area contributed by atoms with Crippen LogP contribution >= 0.6 is 27.5 Å². The standard InChI is InChI=1S/C14H17BrClNO3/c1-13(2,12(19)20)14(3,4)17-11(18)8-5-6-10(16)9(15)7-8/h5-7H,1-4H3,(H,17,18)(H,19,20). The van der Waals surface area contributed by atoms with E-state index in [1.165, 1.54) is 0 Å². The first kappa shape index (κ1) is 17.0. The molecule has 2 N–H and O–H groups in total. The summed E-state index contributed by atoms with van der Waals surface area (Å²) >= 11 is 9.13. The summed E-state index contributed by atoms with van der Waals surface area (Å²) in [5.74, 6) is -1.32. The third-order valence-electron chi connectivity index (χ3n) is 3.70. The summed E-state index contributed by atoms with van der Waals surface area (Å²) in [7, 11) is 0. The Morgan fingerprint density at radius 3 is 2.25 bits per heavy atom. The molecule has 4 nitrogen and oxygen atoms in total. The molecule has 0 fully saturated rings. The van der Waals surface area contributed by atoms with E-state index in [9.17, 15) is 14.7 Å². The fraction of sp³-hybridized carbons (Fsp3) is 0.429. The molecule has 0 radical (unpaired) electrons. The number of amides is 1. The highest BCUT2D eigenvalue weighted by Gasteiger charge is 2.44. The molecule has 1 amide bonds. The SMILES string of the molecule is CC(C)(NC(=O)c1ccc(Cl)c(Br)c1)C(C)(C)C(=O)O. The summed E-state index contributed by atoms with van der Waals surface area (Å²) in [6.45, 7) is 6.52. The van der Waals surface area contributed by atoms with E-state index in [2.05, 4.69) is 21.2 Å². The van der Waals surface area contributed by atoms with E-state index in [1.807, 2.05) is 0 Å². The number of rotatable bonds is 4. The van der Waals surface area contributed by atoms with Crippen LogP contribution < -0.4 is 5.32 Å². The Hall–Kier alpha value is -1.07. The lowest BCUT2D eigenvalue weighted by Gasteiger charge is -2.38. The number of halogens is 2. The molecule has 20 heavy (non-hydrogen) atoms. The topological polar surface area (TPSA) is 66.4 Å². The minimum Gasteiger partial charge on any atom is -0.481 e. The molecule has 0 bridgehead atoms. The number of hydrogen-bond acceptors (Lipinski definition) is 2. The number of carbonyl (C=O) groups excluding carboxylic acids is 1. The molecule has 0 unspecified atom stereocenters. The first-order valence-electron chi connectivity index (χ1n) is 6.00. The number of carboxylic acids is 1. The van der Waals surface area contributed by atoms with Crippen molar-refractivity contribution in [1.82, 2.24) is 5.32 Å². The average molecular weight is 363 g/mol. The van der Waals surface area contributed by atoms with Gasteiger partial charge >= 0.3 is 5.97 Å². The van der Waals surface area contributed by atoms with Gasteiger partial charge in [-0.3, -0.25) is 9.59 Å². The molecule has 110 valence electrons. The lowest BCUT2D eigenvalue weighted by Crippen LogP contribution is -2.56. The summed E-state index contributed by atoms with van der Waals surface area (Å²) in [6, 6.07) is 4.80. The van der Waals surface area contributed by atoms with Gasteiger partial charge < -0.3 is 10.4 Å². The average Bonchev–Trinajstić information content (AvgIpc) is 2.31. The minimum atomic E-state index is -1.10. The van der Waals surface area contributed by atoms with Crippen LogP contribution in [0.3, 0.4) is 0 Å². The van der Waals surface area contributed by atoms with Gasteiger partial charge in [-0.2, -0.15) is 0 Å². The Morgan fingerprint density at radius 1 is 1.25 bits per heavy atom. The molecule has 0 saturated carbocycles. The van der Waals surface area contributed by atoms with Crippen LogP contribution in [0.15, 0.2) is 22.7 Å². The second-order valence-electron chi connectivity index (χ2n) is 5.64. The van der Waals surface area contributed by atoms with E-state index >= 15 is 0 Å². The molecule has 1 aromatic rings. The van der Waals surface area contributed by atoms with Gasteiger partial charge in [-0.25, -0.2) is 0 Å². The number of benzene rings is 1. The van der Waals surface area contributed by atoms with Crippen molar-refractivity contribution in [3.8, 4) is 0 Å². The van der Waals surface area contributed by atoms with Crippen molar-refractivity contribution in [2.75, 3.05) is 0 Å². The van der Waals surface area contributed by atoms with Crippen molar-refractivity contribution in [3.63, 3.8) is 0 Å². The van der Waals surface area contributed by atoms with E-state index in [0.29, 0.717) is 15.1 Å². The van der Waals surface area contributed by atoms with Crippen LogP contribution in [0.25, 0.3) is 0 Å². The Morgan fingerprint density at radius 2 is 1.80 bits per heavy atom. The number of aliphatic carboxylic acids is 1. The zero-order valence-corrected chi connectivity index (χ0v) is 14.1. The van der Waals surface area contributed by atoms with Gasteiger partial charge in [0.15, 0.2) is 0 Å². The minimum absolute atomic E-state index is 0.346. The molecule has 1 aromatic carbocycles. The zero-order valence-electron chi connectivity index (χ0n) is 11.8.